The first-order chi connectivity index (χ1) is 21.0. The molecular weight excluding hydrogens is 560 g/mol. The summed E-state index contributed by atoms with van der Waals surface area (Å²) in [5.74, 6) is -5.88. The largest absolute Gasteiger partial charge is 0.481 e. The van der Waals surface area contributed by atoms with E-state index in [4.69, 9.17) is 9.47 Å². The van der Waals surface area contributed by atoms with Crippen molar-refractivity contribution in [3.63, 3.8) is 0 Å². The van der Waals surface area contributed by atoms with E-state index in [-0.39, 0.29) is 26.1 Å². The number of hydrogen-bond donors (Lipinski definition) is 2. The summed E-state index contributed by atoms with van der Waals surface area (Å²) in [6.07, 6.45) is 19.8. The lowest BCUT2D eigenvalue weighted by Crippen LogP contribution is -2.33. The maximum atomic E-state index is 12.9. The van der Waals surface area contributed by atoms with Crippen LogP contribution < -0.4 is 0 Å². The van der Waals surface area contributed by atoms with E-state index in [0.717, 1.165) is 50.4 Å². The molecule has 8 heteroatoms. The summed E-state index contributed by atoms with van der Waals surface area (Å²) < 4.78 is 10.8. The molecule has 3 unspecified atom stereocenters. The molecule has 8 nitrogen and oxygen atoms in total. The second-order valence-corrected chi connectivity index (χ2v) is 13.6. The molecular formula is C36H66O8. The molecule has 0 radical (unpaired) electrons. The lowest BCUT2D eigenvalue weighted by atomic mass is 9.84. The summed E-state index contributed by atoms with van der Waals surface area (Å²) in [6, 6.07) is 0. The molecule has 0 aliphatic carbocycles. The van der Waals surface area contributed by atoms with E-state index in [2.05, 4.69) is 27.7 Å². The minimum Gasteiger partial charge on any atom is -0.481 e. The number of carboxylic acid groups (broad SMARTS) is 2. The van der Waals surface area contributed by atoms with Gasteiger partial charge >= 0.3 is 23.9 Å². The molecule has 0 rings (SSSR count). The molecule has 0 fully saturated rings. The topological polar surface area (TPSA) is 127 Å². The predicted molar refractivity (Wildman–Crippen MR) is 175 cm³/mol. The van der Waals surface area contributed by atoms with Crippen LogP contribution in [-0.2, 0) is 28.7 Å². The van der Waals surface area contributed by atoms with Gasteiger partial charge < -0.3 is 19.7 Å². The summed E-state index contributed by atoms with van der Waals surface area (Å²) in [7, 11) is 0. The average molecular weight is 627 g/mol. The summed E-state index contributed by atoms with van der Waals surface area (Å²) in [5, 5.41) is 19.0. The Morgan fingerprint density at radius 2 is 0.909 bits per heavy atom. The number of carbonyl (C=O) groups excluding carboxylic acids is 2. The molecule has 44 heavy (non-hydrogen) atoms. The van der Waals surface area contributed by atoms with Gasteiger partial charge in [-0.3, -0.25) is 19.2 Å². The number of hydrogen-bond acceptors (Lipinski definition) is 6. The van der Waals surface area contributed by atoms with Crippen molar-refractivity contribution in [2.45, 2.75) is 163 Å². The Kier molecular flexibility index (Phi) is 25.9. The third-order valence-corrected chi connectivity index (χ3v) is 8.45. The predicted octanol–water partition coefficient (Wildman–Crippen LogP) is 9.22. The van der Waals surface area contributed by atoms with Crippen molar-refractivity contribution >= 4 is 23.9 Å². The second kappa shape index (κ2) is 27.2. The number of carbonyl (C=O) groups is 4. The molecule has 0 saturated carbocycles. The van der Waals surface area contributed by atoms with Crippen LogP contribution in [0, 0.1) is 29.6 Å². The molecule has 3 atom stereocenters. The smallest absolute Gasteiger partial charge is 0.309 e. The van der Waals surface area contributed by atoms with Gasteiger partial charge in [0.1, 0.15) is 0 Å². The van der Waals surface area contributed by atoms with Crippen LogP contribution in [0.5, 0.6) is 0 Å². The van der Waals surface area contributed by atoms with Crippen LogP contribution >= 0.6 is 0 Å². The molecule has 0 aromatic heterocycles. The average Bonchev–Trinajstić information content (AvgIpc) is 2.95. The van der Waals surface area contributed by atoms with Gasteiger partial charge in [-0.25, -0.2) is 0 Å². The number of ether oxygens (including phenoxy) is 2. The fourth-order valence-corrected chi connectivity index (χ4v) is 5.43. The Morgan fingerprint density at radius 1 is 0.523 bits per heavy atom. The van der Waals surface area contributed by atoms with E-state index >= 15 is 0 Å². The zero-order valence-electron chi connectivity index (χ0n) is 28.8. The minimum absolute atomic E-state index is 0.197. The third-order valence-electron chi connectivity index (χ3n) is 8.45. The molecule has 0 aliphatic rings. The van der Waals surface area contributed by atoms with E-state index in [9.17, 15) is 29.4 Å². The van der Waals surface area contributed by atoms with Crippen LogP contribution in [-0.4, -0.2) is 47.3 Å². The van der Waals surface area contributed by atoms with Crippen molar-refractivity contribution in [3.8, 4) is 0 Å². The fraction of sp³-hybridized carbons (Fsp3) is 0.889. The van der Waals surface area contributed by atoms with Crippen LogP contribution in [0.3, 0.4) is 0 Å². The van der Waals surface area contributed by atoms with Crippen molar-refractivity contribution in [1.29, 1.82) is 0 Å². The van der Waals surface area contributed by atoms with E-state index in [1.807, 2.05) is 0 Å². The molecule has 0 bridgehead atoms. The highest BCUT2D eigenvalue weighted by Gasteiger charge is 2.36. The van der Waals surface area contributed by atoms with Gasteiger partial charge in [-0.05, 0) is 31.1 Å². The number of unbranched alkanes of at least 4 members (excludes halogenated alkanes) is 14. The molecule has 258 valence electrons. The van der Waals surface area contributed by atoms with Gasteiger partial charge in [0.15, 0.2) is 0 Å². The molecule has 0 aromatic carbocycles. The van der Waals surface area contributed by atoms with Crippen LogP contribution in [0.15, 0.2) is 0 Å². The van der Waals surface area contributed by atoms with Crippen LogP contribution in [0.4, 0.5) is 0 Å². The minimum atomic E-state index is -1.32. The van der Waals surface area contributed by atoms with E-state index in [1.54, 1.807) is 0 Å². The Hall–Kier alpha value is -2.12. The number of rotatable bonds is 30. The lowest BCUT2D eigenvalue weighted by Gasteiger charge is -2.22. The highest BCUT2D eigenvalue weighted by Crippen LogP contribution is 2.26. The Morgan fingerprint density at radius 3 is 1.30 bits per heavy atom. The molecule has 0 spiro atoms. The normalized spacial score (nSPS) is 13.5. The first-order valence-electron chi connectivity index (χ1n) is 17.7. The second-order valence-electron chi connectivity index (χ2n) is 13.6. The number of esters is 2. The summed E-state index contributed by atoms with van der Waals surface area (Å²) in [5.41, 5.74) is 0. The molecule has 0 aromatic rings. The van der Waals surface area contributed by atoms with Gasteiger partial charge in [0.05, 0.1) is 37.4 Å². The summed E-state index contributed by atoms with van der Waals surface area (Å²) in [4.78, 5) is 48.8. The highest BCUT2D eigenvalue weighted by molar-refractivity contribution is 5.83. The summed E-state index contributed by atoms with van der Waals surface area (Å²) in [6.45, 7) is 10.8. The third kappa shape index (κ3) is 24.2. The van der Waals surface area contributed by atoms with Crippen LogP contribution in [0.2, 0.25) is 0 Å². The Bertz CT molecular complexity index is 763. The van der Waals surface area contributed by atoms with Crippen LogP contribution in [0.25, 0.3) is 0 Å². The van der Waals surface area contributed by atoms with Crippen molar-refractivity contribution in [2.24, 2.45) is 29.6 Å². The Labute approximate surface area is 268 Å². The molecule has 2 N–H and O–H groups in total. The van der Waals surface area contributed by atoms with Gasteiger partial charge in [-0.2, -0.15) is 0 Å². The van der Waals surface area contributed by atoms with Crippen molar-refractivity contribution in [1.82, 2.24) is 0 Å². The Balaban J connectivity index is 4.52. The van der Waals surface area contributed by atoms with Crippen molar-refractivity contribution in [2.75, 3.05) is 13.2 Å². The number of aliphatic carboxylic acids is 2. The molecule has 0 saturated heterocycles. The lowest BCUT2D eigenvalue weighted by molar-refractivity contribution is -0.160. The zero-order valence-corrected chi connectivity index (χ0v) is 28.8. The van der Waals surface area contributed by atoms with E-state index < -0.39 is 41.6 Å². The molecule has 0 aliphatic heterocycles. The first-order valence-corrected chi connectivity index (χ1v) is 17.7. The van der Waals surface area contributed by atoms with E-state index in [1.165, 1.54) is 77.6 Å². The first kappa shape index (κ1) is 41.9. The zero-order chi connectivity index (χ0) is 33.2. The maximum absolute atomic E-state index is 12.9. The number of carboxylic acids is 2. The van der Waals surface area contributed by atoms with Gasteiger partial charge in [-0.15, -0.1) is 0 Å². The maximum Gasteiger partial charge on any atom is 0.309 e. The van der Waals surface area contributed by atoms with Crippen molar-refractivity contribution < 1.29 is 38.9 Å². The van der Waals surface area contributed by atoms with Gasteiger partial charge in [0.25, 0.3) is 0 Å². The van der Waals surface area contributed by atoms with E-state index in [0.29, 0.717) is 6.42 Å². The molecule has 0 amide bonds. The summed E-state index contributed by atoms with van der Waals surface area (Å²) >= 11 is 0. The van der Waals surface area contributed by atoms with Gasteiger partial charge in [0.2, 0.25) is 0 Å². The molecule has 0 heterocycles. The quantitative estimate of drug-likeness (QED) is 0.0596. The van der Waals surface area contributed by atoms with Gasteiger partial charge in [-0.1, -0.05) is 137 Å². The van der Waals surface area contributed by atoms with Gasteiger partial charge in [0, 0.05) is 0 Å². The SMILES string of the molecule is CC(C)CCCCCCCCCCOC(=O)CC(CC(C(=O)O)C(C)C(=O)O)C(=O)OCCCCCCCCCCC(C)C. The monoisotopic (exact) mass is 626 g/mol. The fourth-order valence-electron chi connectivity index (χ4n) is 5.43. The highest BCUT2D eigenvalue weighted by atomic mass is 16.5. The van der Waals surface area contributed by atoms with Crippen molar-refractivity contribution in [3.05, 3.63) is 0 Å². The van der Waals surface area contributed by atoms with Crippen LogP contribution in [0.1, 0.15) is 163 Å². The standard InChI is InChI=1S/C36H66O8/c1-28(2)22-18-14-10-6-8-12-16-20-24-43-33(37)27-31(26-32(35(40)41)30(5)34(38)39)36(42)44-25-21-17-13-9-7-11-15-19-23-29(3)4/h28-32H,6-27H2,1-5H3,(H,38,39)(H,40,41).